The van der Waals surface area contributed by atoms with Crippen molar-refractivity contribution in [1.82, 2.24) is 19.3 Å². The molecular weight excluding hydrogens is 430 g/mol. The molecule has 2 aromatic carbocycles. The third kappa shape index (κ3) is 3.27. The van der Waals surface area contributed by atoms with E-state index in [-0.39, 0.29) is 6.10 Å². The zero-order valence-electron chi connectivity index (χ0n) is 15.7. The van der Waals surface area contributed by atoms with E-state index in [4.69, 9.17) is 9.94 Å². The molecule has 0 aliphatic carbocycles. The zero-order valence-corrected chi connectivity index (χ0v) is 17.3. The summed E-state index contributed by atoms with van der Waals surface area (Å²) < 4.78 is 4.95. The summed E-state index contributed by atoms with van der Waals surface area (Å²) in [5, 5.41) is 9.20. The summed E-state index contributed by atoms with van der Waals surface area (Å²) in [6.07, 6.45) is 5.95. The van der Waals surface area contributed by atoms with E-state index in [0.717, 1.165) is 38.5 Å². The van der Waals surface area contributed by atoms with Crippen molar-refractivity contribution in [2.75, 3.05) is 0 Å². The van der Waals surface area contributed by atoms with Crippen LogP contribution in [-0.2, 0) is 4.84 Å². The van der Waals surface area contributed by atoms with Crippen LogP contribution in [0.1, 0.15) is 29.3 Å². The molecule has 1 aliphatic heterocycles. The SMILES string of the molecule is Cc1nn(-c2ccccc2)c(-n2ccnc2)c1C1CC(c2ccc(Br)cc2)=NO1. The molecule has 2 aromatic heterocycles. The number of nitrogens with zero attached hydrogens (tertiary/aromatic N) is 5. The van der Waals surface area contributed by atoms with Crippen LogP contribution < -0.4 is 0 Å². The Balaban J connectivity index is 1.56. The van der Waals surface area contributed by atoms with Gasteiger partial charge in [-0.05, 0) is 36.8 Å². The van der Waals surface area contributed by atoms with Crippen LogP contribution in [0.25, 0.3) is 11.5 Å². The second-order valence-corrected chi connectivity index (χ2v) is 7.80. The van der Waals surface area contributed by atoms with E-state index < -0.39 is 0 Å². The molecule has 1 unspecified atom stereocenters. The number of imidazole rings is 1. The minimum absolute atomic E-state index is 0.205. The highest BCUT2D eigenvalue weighted by Crippen LogP contribution is 2.36. The lowest BCUT2D eigenvalue weighted by Crippen LogP contribution is -2.09. The van der Waals surface area contributed by atoms with E-state index in [1.165, 1.54) is 0 Å². The minimum Gasteiger partial charge on any atom is -0.387 e. The van der Waals surface area contributed by atoms with E-state index in [9.17, 15) is 0 Å². The maximum Gasteiger partial charge on any atom is 0.163 e. The molecule has 0 spiro atoms. The number of rotatable bonds is 4. The van der Waals surface area contributed by atoms with Gasteiger partial charge in [-0.25, -0.2) is 9.67 Å². The number of aryl methyl sites for hydroxylation is 1. The number of hydrogen-bond acceptors (Lipinski definition) is 4. The largest absolute Gasteiger partial charge is 0.387 e. The molecule has 0 N–H and O–H groups in total. The molecule has 1 aliphatic rings. The van der Waals surface area contributed by atoms with Gasteiger partial charge in [-0.2, -0.15) is 5.10 Å². The van der Waals surface area contributed by atoms with Gasteiger partial charge in [0.25, 0.3) is 0 Å². The van der Waals surface area contributed by atoms with Crippen molar-refractivity contribution >= 4 is 21.6 Å². The third-order valence-corrected chi connectivity index (χ3v) is 5.53. The molecule has 29 heavy (non-hydrogen) atoms. The zero-order chi connectivity index (χ0) is 19.8. The van der Waals surface area contributed by atoms with Gasteiger partial charge in [0.05, 0.1) is 22.7 Å². The molecular formula is C22H18BrN5O. The molecule has 3 heterocycles. The molecule has 0 radical (unpaired) electrons. The lowest BCUT2D eigenvalue weighted by Gasteiger charge is -2.13. The summed E-state index contributed by atoms with van der Waals surface area (Å²) in [5.41, 5.74) is 4.91. The summed E-state index contributed by atoms with van der Waals surface area (Å²) in [6.45, 7) is 2.01. The number of benzene rings is 2. The number of para-hydroxylation sites is 1. The molecule has 4 aromatic rings. The Morgan fingerprint density at radius 1 is 1.07 bits per heavy atom. The lowest BCUT2D eigenvalue weighted by atomic mass is 10.00. The first kappa shape index (κ1) is 17.9. The maximum atomic E-state index is 5.89. The molecule has 1 atom stereocenters. The lowest BCUT2D eigenvalue weighted by molar-refractivity contribution is 0.0852. The highest BCUT2D eigenvalue weighted by molar-refractivity contribution is 9.10. The van der Waals surface area contributed by atoms with Crippen molar-refractivity contribution in [3.05, 3.63) is 94.6 Å². The fourth-order valence-electron chi connectivity index (χ4n) is 3.63. The topological polar surface area (TPSA) is 57.2 Å². The summed E-state index contributed by atoms with van der Waals surface area (Å²) in [6, 6.07) is 18.2. The second-order valence-electron chi connectivity index (χ2n) is 6.88. The summed E-state index contributed by atoms with van der Waals surface area (Å²) in [4.78, 5) is 10.1. The quantitative estimate of drug-likeness (QED) is 0.442. The first-order valence-electron chi connectivity index (χ1n) is 9.32. The summed E-state index contributed by atoms with van der Waals surface area (Å²) in [7, 11) is 0. The van der Waals surface area contributed by atoms with Gasteiger partial charge in [-0.15, -0.1) is 0 Å². The number of hydrogen-bond donors (Lipinski definition) is 0. The molecule has 5 rings (SSSR count). The van der Waals surface area contributed by atoms with Gasteiger partial charge in [-0.3, -0.25) is 4.57 Å². The van der Waals surface area contributed by atoms with Gasteiger partial charge < -0.3 is 4.84 Å². The third-order valence-electron chi connectivity index (χ3n) is 5.00. The highest BCUT2D eigenvalue weighted by atomic mass is 79.9. The fourth-order valence-corrected chi connectivity index (χ4v) is 3.90. The Hall–Kier alpha value is -3.19. The van der Waals surface area contributed by atoms with E-state index in [1.54, 1.807) is 12.5 Å². The van der Waals surface area contributed by atoms with Crippen LogP contribution in [0, 0.1) is 6.92 Å². The van der Waals surface area contributed by atoms with Crippen molar-refractivity contribution in [3.8, 4) is 11.5 Å². The fraction of sp³-hybridized carbons (Fsp3) is 0.136. The van der Waals surface area contributed by atoms with Crippen LogP contribution in [0.15, 0.2) is 82.9 Å². The smallest absolute Gasteiger partial charge is 0.163 e. The Labute approximate surface area is 176 Å². The standard InChI is InChI=1S/C22H18BrN5O/c1-15-21(20-13-19(26-29-20)16-7-9-17(23)10-8-16)22(27-12-11-24-14-27)28(25-15)18-5-3-2-4-6-18/h2-12,14,20H,13H2,1H3. The number of halogens is 1. The van der Waals surface area contributed by atoms with Gasteiger partial charge in [0, 0.05) is 23.3 Å². The predicted octanol–water partition coefficient (Wildman–Crippen LogP) is 4.99. The maximum absolute atomic E-state index is 5.89. The second kappa shape index (κ2) is 7.33. The number of oxime groups is 1. The van der Waals surface area contributed by atoms with E-state index in [1.807, 2.05) is 77.0 Å². The van der Waals surface area contributed by atoms with Gasteiger partial charge in [-0.1, -0.05) is 51.4 Å². The number of aromatic nitrogens is 4. The van der Waals surface area contributed by atoms with Crippen LogP contribution in [0.5, 0.6) is 0 Å². The van der Waals surface area contributed by atoms with Crippen molar-refractivity contribution in [3.63, 3.8) is 0 Å². The van der Waals surface area contributed by atoms with Crippen LogP contribution in [0.4, 0.5) is 0 Å². The minimum atomic E-state index is -0.205. The van der Waals surface area contributed by atoms with Gasteiger partial charge in [0.2, 0.25) is 0 Å². The van der Waals surface area contributed by atoms with Crippen LogP contribution in [-0.4, -0.2) is 25.0 Å². The first-order chi connectivity index (χ1) is 14.2. The average molecular weight is 448 g/mol. The van der Waals surface area contributed by atoms with Crippen molar-refractivity contribution in [1.29, 1.82) is 0 Å². The van der Waals surface area contributed by atoms with Gasteiger partial charge >= 0.3 is 0 Å². The van der Waals surface area contributed by atoms with Gasteiger partial charge in [0.1, 0.15) is 12.1 Å². The molecule has 7 heteroatoms. The Morgan fingerprint density at radius 2 is 1.86 bits per heavy atom. The molecule has 0 amide bonds. The van der Waals surface area contributed by atoms with E-state index >= 15 is 0 Å². The predicted molar refractivity (Wildman–Crippen MR) is 115 cm³/mol. The average Bonchev–Trinajstić information content (AvgIpc) is 3.48. The monoisotopic (exact) mass is 447 g/mol. The molecule has 0 saturated carbocycles. The normalized spacial score (nSPS) is 15.9. The van der Waals surface area contributed by atoms with Crippen molar-refractivity contribution in [2.24, 2.45) is 5.16 Å². The van der Waals surface area contributed by atoms with E-state index in [0.29, 0.717) is 6.42 Å². The van der Waals surface area contributed by atoms with E-state index in [2.05, 4.69) is 26.1 Å². The van der Waals surface area contributed by atoms with Crippen molar-refractivity contribution in [2.45, 2.75) is 19.4 Å². The molecule has 0 saturated heterocycles. The van der Waals surface area contributed by atoms with Crippen LogP contribution in [0.2, 0.25) is 0 Å². The first-order valence-corrected chi connectivity index (χ1v) is 10.1. The van der Waals surface area contributed by atoms with Crippen molar-refractivity contribution < 1.29 is 4.84 Å². The Kier molecular flexibility index (Phi) is 4.52. The molecule has 0 bridgehead atoms. The summed E-state index contributed by atoms with van der Waals surface area (Å²) >= 11 is 3.48. The molecule has 144 valence electrons. The molecule has 0 fully saturated rings. The highest BCUT2D eigenvalue weighted by Gasteiger charge is 2.31. The van der Waals surface area contributed by atoms with Crippen LogP contribution in [0.3, 0.4) is 0 Å². The Morgan fingerprint density at radius 3 is 2.59 bits per heavy atom. The molecule has 6 nitrogen and oxygen atoms in total. The van der Waals surface area contributed by atoms with Gasteiger partial charge in [0.15, 0.2) is 6.10 Å². The summed E-state index contributed by atoms with van der Waals surface area (Å²) in [5.74, 6) is 0.920. The van der Waals surface area contributed by atoms with Crippen LogP contribution >= 0.6 is 15.9 Å². The Bertz CT molecular complexity index is 1160.